The average Bonchev–Trinajstić information content (AvgIpc) is 2.91. The standard InChI is InChI=1S/C14H10FN5/c15-10-3-1-2-9-4-5-11(17-13(9)10)14-19-18-12-8-16-6-7-20(12)14/h1-5,8H,6-7H2. The van der Waals surface area contributed by atoms with Crippen molar-refractivity contribution in [3.63, 3.8) is 0 Å². The number of rotatable bonds is 1. The summed E-state index contributed by atoms with van der Waals surface area (Å²) >= 11 is 0. The fraction of sp³-hybridized carbons (Fsp3) is 0.143. The van der Waals surface area contributed by atoms with E-state index in [1.54, 1.807) is 12.3 Å². The van der Waals surface area contributed by atoms with E-state index in [9.17, 15) is 4.39 Å². The van der Waals surface area contributed by atoms with Crippen LogP contribution < -0.4 is 0 Å². The molecule has 98 valence electrons. The van der Waals surface area contributed by atoms with Gasteiger partial charge in [0.15, 0.2) is 11.6 Å². The van der Waals surface area contributed by atoms with Gasteiger partial charge in [0.25, 0.3) is 0 Å². The van der Waals surface area contributed by atoms with Gasteiger partial charge >= 0.3 is 0 Å². The maximum absolute atomic E-state index is 13.8. The second-order valence-corrected chi connectivity index (χ2v) is 4.58. The van der Waals surface area contributed by atoms with E-state index >= 15 is 0 Å². The van der Waals surface area contributed by atoms with Gasteiger partial charge in [-0.2, -0.15) is 0 Å². The van der Waals surface area contributed by atoms with Gasteiger partial charge in [-0.3, -0.25) is 4.99 Å². The first-order valence-electron chi connectivity index (χ1n) is 6.31. The summed E-state index contributed by atoms with van der Waals surface area (Å²) in [6.07, 6.45) is 1.70. The Labute approximate surface area is 113 Å². The lowest BCUT2D eigenvalue weighted by molar-refractivity contribution is 0.636. The van der Waals surface area contributed by atoms with Crippen molar-refractivity contribution in [2.24, 2.45) is 4.99 Å². The SMILES string of the molecule is Fc1cccc2ccc(-c3nnc4n3CCN=C4)nc12. The normalized spacial score (nSPS) is 13.7. The van der Waals surface area contributed by atoms with Crippen molar-refractivity contribution >= 4 is 17.1 Å². The number of nitrogens with zero attached hydrogens (tertiary/aromatic N) is 5. The van der Waals surface area contributed by atoms with Crippen LogP contribution in [0.2, 0.25) is 0 Å². The highest BCUT2D eigenvalue weighted by atomic mass is 19.1. The minimum absolute atomic E-state index is 0.329. The molecule has 2 aromatic heterocycles. The lowest BCUT2D eigenvalue weighted by Crippen LogP contribution is -2.12. The molecule has 5 nitrogen and oxygen atoms in total. The van der Waals surface area contributed by atoms with E-state index in [0.29, 0.717) is 35.9 Å². The highest BCUT2D eigenvalue weighted by Gasteiger charge is 2.16. The first kappa shape index (κ1) is 11.2. The predicted molar refractivity (Wildman–Crippen MR) is 73.2 cm³/mol. The van der Waals surface area contributed by atoms with E-state index in [4.69, 9.17) is 0 Å². The molecule has 3 aromatic rings. The Kier molecular flexibility index (Phi) is 2.35. The largest absolute Gasteiger partial charge is 0.303 e. The molecule has 0 N–H and O–H groups in total. The van der Waals surface area contributed by atoms with Crippen molar-refractivity contribution in [2.45, 2.75) is 6.54 Å². The van der Waals surface area contributed by atoms with Crippen molar-refractivity contribution in [1.29, 1.82) is 0 Å². The number of pyridine rings is 1. The third-order valence-corrected chi connectivity index (χ3v) is 3.34. The monoisotopic (exact) mass is 267 g/mol. The second kappa shape index (κ2) is 4.19. The maximum Gasteiger partial charge on any atom is 0.183 e. The molecule has 6 heteroatoms. The first-order valence-corrected chi connectivity index (χ1v) is 6.31. The summed E-state index contributed by atoms with van der Waals surface area (Å²) in [5.41, 5.74) is 0.975. The van der Waals surface area contributed by atoms with Crippen molar-refractivity contribution < 1.29 is 4.39 Å². The molecule has 0 unspecified atom stereocenters. The fourth-order valence-electron chi connectivity index (χ4n) is 2.36. The minimum atomic E-state index is -0.329. The zero-order chi connectivity index (χ0) is 13.5. The van der Waals surface area contributed by atoms with Crippen LogP contribution in [0.3, 0.4) is 0 Å². The van der Waals surface area contributed by atoms with Crippen LogP contribution >= 0.6 is 0 Å². The number of aliphatic imine (C=N–C) groups is 1. The number of hydrogen-bond donors (Lipinski definition) is 0. The van der Waals surface area contributed by atoms with Gasteiger partial charge in [0.1, 0.15) is 17.0 Å². The van der Waals surface area contributed by atoms with Gasteiger partial charge < -0.3 is 4.57 Å². The van der Waals surface area contributed by atoms with Crippen LogP contribution in [0.25, 0.3) is 22.4 Å². The van der Waals surface area contributed by atoms with Crippen LogP contribution in [-0.2, 0) is 6.54 Å². The maximum atomic E-state index is 13.8. The molecule has 1 aromatic carbocycles. The van der Waals surface area contributed by atoms with Crippen LogP contribution in [0.1, 0.15) is 5.82 Å². The van der Waals surface area contributed by atoms with E-state index in [2.05, 4.69) is 20.2 Å². The Bertz CT molecular complexity index is 837. The third-order valence-electron chi connectivity index (χ3n) is 3.34. The first-order chi connectivity index (χ1) is 9.83. The van der Waals surface area contributed by atoms with E-state index in [1.807, 2.05) is 22.8 Å². The van der Waals surface area contributed by atoms with Crippen LogP contribution in [-0.4, -0.2) is 32.5 Å². The molecule has 0 saturated carbocycles. The topological polar surface area (TPSA) is 56.0 Å². The fourth-order valence-corrected chi connectivity index (χ4v) is 2.36. The molecule has 0 atom stereocenters. The minimum Gasteiger partial charge on any atom is -0.303 e. The molecular formula is C14H10FN5. The van der Waals surface area contributed by atoms with Crippen molar-refractivity contribution in [2.75, 3.05) is 6.54 Å². The summed E-state index contributed by atoms with van der Waals surface area (Å²) in [6.45, 7) is 1.41. The molecule has 1 aliphatic heterocycles. The molecule has 0 bridgehead atoms. The lowest BCUT2D eigenvalue weighted by atomic mass is 10.2. The van der Waals surface area contributed by atoms with Crippen molar-refractivity contribution in [1.82, 2.24) is 19.7 Å². The van der Waals surface area contributed by atoms with E-state index < -0.39 is 0 Å². The summed E-state index contributed by atoms with van der Waals surface area (Å²) < 4.78 is 15.8. The molecule has 0 fully saturated rings. The summed E-state index contributed by atoms with van der Waals surface area (Å²) in [4.78, 5) is 8.54. The zero-order valence-electron chi connectivity index (χ0n) is 10.5. The summed E-state index contributed by atoms with van der Waals surface area (Å²) in [6, 6.07) is 8.60. The molecule has 3 heterocycles. The highest BCUT2D eigenvalue weighted by molar-refractivity contribution is 5.82. The van der Waals surface area contributed by atoms with Gasteiger partial charge in [0, 0.05) is 11.9 Å². The van der Waals surface area contributed by atoms with Gasteiger partial charge in [0.05, 0.1) is 12.8 Å². The number of benzene rings is 1. The molecule has 0 saturated heterocycles. The Morgan fingerprint density at radius 3 is 3.00 bits per heavy atom. The number of hydrogen-bond acceptors (Lipinski definition) is 4. The molecule has 0 amide bonds. The third kappa shape index (κ3) is 1.61. The molecule has 20 heavy (non-hydrogen) atoms. The Morgan fingerprint density at radius 2 is 2.05 bits per heavy atom. The quantitative estimate of drug-likeness (QED) is 0.678. The average molecular weight is 267 g/mol. The Morgan fingerprint density at radius 1 is 1.10 bits per heavy atom. The molecule has 0 radical (unpaired) electrons. The smallest absolute Gasteiger partial charge is 0.183 e. The van der Waals surface area contributed by atoms with Crippen LogP contribution in [0, 0.1) is 5.82 Å². The molecule has 4 rings (SSSR count). The number of aromatic nitrogens is 4. The Hall–Kier alpha value is -2.63. The lowest BCUT2D eigenvalue weighted by Gasteiger charge is -2.10. The molecule has 0 aliphatic carbocycles. The van der Waals surface area contributed by atoms with Crippen molar-refractivity contribution in [3.05, 3.63) is 42.0 Å². The number of fused-ring (bicyclic) bond motifs is 2. The summed E-state index contributed by atoms with van der Waals surface area (Å²) in [7, 11) is 0. The van der Waals surface area contributed by atoms with Gasteiger partial charge in [0.2, 0.25) is 0 Å². The molecular weight excluding hydrogens is 257 g/mol. The number of para-hydroxylation sites is 1. The van der Waals surface area contributed by atoms with Gasteiger partial charge in [-0.1, -0.05) is 18.2 Å². The van der Waals surface area contributed by atoms with Crippen LogP contribution in [0.15, 0.2) is 35.3 Å². The van der Waals surface area contributed by atoms with E-state index in [-0.39, 0.29) is 5.82 Å². The van der Waals surface area contributed by atoms with Gasteiger partial charge in [-0.05, 0) is 12.1 Å². The zero-order valence-corrected chi connectivity index (χ0v) is 10.5. The summed E-state index contributed by atoms with van der Waals surface area (Å²) in [5, 5.41) is 8.98. The van der Waals surface area contributed by atoms with Crippen LogP contribution in [0.5, 0.6) is 0 Å². The molecule has 1 aliphatic rings. The van der Waals surface area contributed by atoms with E-state index in [0.717, 1.165) is 5.39 Å². The number of halogens is 1. The van der Waals surface area contributed by atoms with Gasteiger partial charge in [-0.15, -0.1) is 10.2 Å². The highest BCUT2D eigenvalue weighted by Crippen LogP contribution is 2.22. The Balaban J connectivity index is 1.93. The molecule has 0 spiro atoms. The van der Waals surface area contributed by atoms with Crippen LogP contribution in [0.4, 0.5) is 4.39 Å². The predicted octanol–water partition coefficient (Wildman–Crippen LogP) is 2.06. The summed E-state index contributed by atoms with van der Waals surface area (Å²) in [5.74, 6) is 1.03. The second-order valence-electron chi connectivity index (χ2n) is 4.58. The van der Waals surface area contributed by atoms with E-state index in [1.165, 1.54) is 6.07 Å². The van der Waals surface area contributed by atoms with Crippen molar-refractivity contribution in [3.8, 4) is 11.5 Å². The van der Waals surface area contributed by atoms with Gasteiger partial charge in [-0.25, -0.2) is 9.37 Å².